The van der Waals surface area contributed by atoms with Gasteiger partial charge in [-0.05, 0) is 37.3 Å². The summed E-state index contributed by atoms with van der Waals surface area (Å²) in [5.41, 5.74) is 6.86. The zero-order valence-corrected chi connectivity index (χ0v) is 13.4. The maximum Gasteiger partial charge on any atom is 0.270 e. The molecule has 0 unspecified atom stereocenters. The van der Waals surface area contributed by atoms with Gasteiger partial charge in [0.05, 0.1) is 16.2 Å². The average molecular weight is 350 g/mol. The number of nitrogens with zero attached hydrogens (tertiary/aromatic N) is 5. The van der Waals surface area contributed by atoms with Crippen LogP contribution >= 0.6 is 0 Å². The molecule has 2 aromatic rings. The molecule has 0 heterocycles. The van der Waals surface area contributed by atoms with Crippen molar-refractivity contribution in [2.45, 2.75) is 14.4 Å². The van der Waals surface area contributed by atoms with E-state index in [1.165, 1.54) is 18.2 Å². The van der Waals surface area contributed by atoms with Crippen molar-refractivity contribution in [2.24, 2.45) is 16.0 Å². The highest BCUT2D eigenvalue weighted by Crippen LogP contribution is 2.26. The zero-order chi connectivity index (χ0) is 18.2. The summed E-state index contributed by atoms with van der Waals surface area (Å²) in [6, 6.07) is 18.0. The van der Waals surface area contributed by atoms with Crippen LogP contribution in [0.2, 0.25) is 0 Å². The molecule has 0 aliphatic carbocycles. The summed E-state index contributed by atoms with van der Waals surface area (Å²) in [6.07, 6.45) is 0. The molecule has 0 radical (unpaired) electrons. The van der Waals surface area contributed by atoms with Crippen molar-refractivity contribution in [3.63, 3.8) is 0 Å². The smallest absolute Gasteiger partial charge is 0.270 e. The van der Waals surface area contributed by atoms with Crippen LogP contribution in [-0.2, 0) is 0 Å². The Morgan fingerprint density at radius 3 is 2.46 bits per heavy atom. The number of non-ortho nitro benzene ring substituents is 1. The van der Waals surface area contributed by atoms with E-state index in [0.29, 0.717) is 12.2 Å². The predicted octanol–water partition coefficient (Wildman–Crippen LogP) is 4.22. The molecule has 8 nitrogen and oxygen atoms in total. The molecule has 2 aromatic carbocycles. The summed E-state index contributed by atoms with van der Waals surface area (Å²) < 4.78 is 0. The molecule has 0 saturated carbocycles. The Kier molecular flexibility index (Phi) is 7.28. The highest BCUT2D eigenvalue weighted by Gasteiger charge is 2.10. The molecule has 0 aliphatic rings. The van der Waals surface area contributed by atoms with E-state index in [1.807, 2.05) is 25.1 Å². The summed E-state index contributed by atoms with van der Waals surface area (Å²) >= 11 is 0. The molecule has 2 N–H and O–H groups in total. The van der Waals surface area contributed by atoms with Gasteiger partial charge in [-0.2, -0.15) is 10.4 Å². The summed E-state index contributed by atoms with van der Waals surface area (Å²) in [5, 5.41) is 27.9. The highest BCUT2D eigenvalue weighted by molar-refractivity contribution is 5.59. The number of nitriles is 1. The van der Waals surface area contributed by atoms with Gasteiger partial charge in [-0.1, -0.05) is 7.43 Å². The second-order valence-electron chi connectivity index (χ2n) is 4.79. The van der Waals surface area contributed by atoms with E-state index in [-0.39, 0.29) is 24.4 Å². The molecule has 0 amide bonds. The average Bonchev–Trinajstić information content (AvgIpc) is 2.64. The van der Waals surface area contributed by atoms with Crippen LogP contribution in [-0.4, -0.2) is 11.5 Å². The minimum absolute atomic E-state index is 0. The second kappa shape index (κ2) is 9.40. The molecule has 0 fully saturated rings. The molecule has 132 valence electrons. The van der Waals surface area contributed by atoms with E-state index in [9.17, 15) is 10.1 Å². The Morgan fingerprint density at radius 1 is 1.23 bits per heavy atom. The van der Waals surface area contributed by atoms with Gasteiger partial charge < -0.3 is 10.6 Å². The molecule has 0 saturated heterocycles. The number of hydrogen-bond donors (Lipinski definition) is 1. The number of hydrogen-bond acceptors (Lipinski definition) is 7. The molecular weight excluding hydrogens is 332 g/mol. The summed E-state index contributed by atoms with van der Waals surface area (Å²) in [4.78, 5) is 12.0. The lowest BCUT2D eigenvalue weighted by molar-refractivity contribution is -0.384. The van der Waals surface area contributed by atoms with Crippen molar-refractivity contribution in [1.82, 2.24) is 0 Å². The predicted molar refractivity (Wildman–Crippen MR) is 100 cm³/mol. The van der Waals surface area contributed by atoms with Gasteiger partial charge in [-0.25, -0.2) is 0 Å². The van der Waals surface area contributed by atoms with Gasteiger partial charge in [0.2, 0.25) is 0 Å². The third-order valence-corrected chi connectivity index (χ3v) is 3.26. The van der Waals surface area contributed by atoms with Crippen LogP contribution in [0.5, 0.6) is 0 Å². The monoisotopic (exact) mass is 350 g/mol. The molecule has 0 atom stereocenters. The minimum atomic E-state index is -0.565. The number of benzene rings is 2. The van der Waals surface area contributed by atoms with Gasteiger partial charge in [0.1, 0.15) is 11.8 Å². The Balaban J connectivity index is 0.00000338. The molecule has 8 heteroatoms. The number of azo groups is 1. The fourth-order valence-corrected chi connectivity index (χ4v) is 2.03. The molecular formula is C18H18N6O2. The second-order valence-corrected chi connectivity index (χ2v) is 4.79. The first-order valence-corrected chi connectivity index (χ1v) is 7.28. The number of nitro groups is 1. The number of nitro benzene ring substituents is 1. The Bertz CT molecular complexity index is 904. The lowest BCUT2D eigenvalue weighted by Crippen LogP contribution is -2.15. The lowest BCUT2D eigenvalue weighted by Gasteiger charge is -2.14. The number of rotatable bonds is 5. The fourth-order valence-electron chi connectivity index (χ4n) is 2.03. The first-order chi connectivity index (χ1) is 12.1. The number of anilines is 1. The quantitative estimate of drug-likeness (QED) is 0.284. The SMILES string of the molecule is C.CCN(C#CN)c1ccc(N=Nc2ccc([N+](=O)[O-])cc2C#N)cc1. The van der Waals surface area contributed by atoms with Gasteiger partial charge in [-0.15, -0.1) is 5.11 Å². The Hall–Kier alpha value is -3.91. The number of nitrogens with two attached hydrogens (primary N) is 1. The van der Waals surface area contributed by atoms with E-state index in [4.69, 9.17) is 11.0 Å². The van der Waals surface area contributed by atoms with E-state index in [2.05, 4.69) is 22.3 Å². The first kappa shape index (κ1) is 20.1. The topological polar surface area (TPSA) is 121 Å². The molecule has 0 bridgehead atoms. The molecule has 0 spiro atoms. The minimum Gasteiger partial charge on any atom is -0.358 e. The fraction of sp³-hybridized carbons (Fsp3) is 0.167. The van der Waals surface area contributed by atoms with Crippen LogP contribution in [0.25, 0.3) is 0 Å². The zero-order valence-electron chi connectivity index (χ0n) is 13.4. The van der Waals surface area contributed by atoms with Gasteiger partial charge in [-0.3, -0.25) is 10.1 Å². The first-order valence-electron chi connectivity index (χ1n) is 7.28. The van der Waals surface area contributed by atoms with Gasteiger partial charge in [0, 0.05) is 36.5 Å². The van der Waals surface area contributed by atoms with Crippen molar-refractivity contribution >= 4 is 22.7 Å². The van der Waals surface area contributed by atoms with Crippen LogP contribution in [0.3, 0.4) is 0 Å². The van der Waals surface area contributed by atoms with Gasteiger partial charge in [0.15, 0.2) is 0 Å². The standard InChI is InChI=1S/C17H14N6O2.CH4/c1-2-22(10-9-18)15-5-3-14(4-6-15)20-21-17-8-7-16(23(24)25)11-13(17)12-19;/h3-8,11H,2,18H2,1H3;1H4. The van der Waals surface area contributed by atoms with Crippen molar-refractivity contribution in [2.75, 3.05) is 11.4 Å². The summed E-state index contributed by atoms with van der Waals surface area (Å²) in [5.74, 6) is 0. The van der Waals surface area contributed by atoms with Crippen LogP contribution in [0.1, 0.15) is 19.9 Å². The van der Waals surface area contributed by atoms with Crippen molar-refractivity contribution < 1.29 is 4.92 Å². The van der Waals surface area contributed by atoms with E-state index >= 15 is 0 Å². The summed E-state index contributed by atoms with van der Waals surface area (Å²) in [7, 11) is 0. The highest BCUT2D eigenvalue weighted by atomic mass is 16.6. The molecule has 0 aromatic heterocycles. The maximum atomic E-state index is 10.7. The third kappa shape index (κ3) is 4.79. The van der Waals surface area contributed by atoms with Crippen LogP contribution in [0.4, 0.5) is 22.7 Å². The van der Waals surface area contributed by atoms with Gasteiger partial charge in [0.25, 0.3) is 5.69 Å². The van der Waals surface area contributed by atoms with Crippen LogP contribution < -0.4 is 10.6 Å². The van der Waals surface area contributed by atoms with E-state index in [1.54, 1.807) is 17.0 Å². The van der Waals surface area contributed by atoms with E-state index < -0.39 is 4.92 Å². The Morgan fingerprint density at radius 2 is 1.92 bits per heavy atom. The normalized spacial score (nSPS) is 9.54. The van der Waals surface area contributed by atoms with Crippen molar-refractivity contribution in [3.8, 4) is 18.2 Å². The molecule has 2 rings (SSSR count). The third-order valence-electron chi connectivity index (χ3n) is 3.26. The lowest BCUT2D eigenvalue weighted by atomic mass is 10.2. The Labute approximate surface area is 151 Å². The maximum absolute atomic E-state index is 10.7. The van der Waals surface area contributed by atoms with Crippen molar-refractivity contribution in [1.29, 1.82) is 5.26 Å². The molecule has 26 heavy (non-hydrogen) atoms. The van der Waals surface area contributed by atoms with Gasteiger partial charge >= 0.3 is 0 Å². The van der Waals surface area contributed by atoms with Crippen LogP contribution in [0.15, 0.2) is 52.7 Å². The van der Waals surface area contributed by atoms with Crippen LogP contribution in [0, 0.1) is 33.5 Å². The molecule has 0 aliphatic heterocycles. The largest absolute Gasteiger partial charge is 0.358 e. The van der Waals surface area contributed by atoms with Crippen molar-refractivity contribution in [3.05, 3.63) is 58.1 Å². The van der Waals surface area contributed by atoms with E-state index in [0.717, 1.165) is 5.69 Å². The summed E-state index contributed by atoms with van der Waals surface area (Å²) in [6.45, 7) is 2.63.